The number of fused-ring (bicyclic) bond motifs is 1. The number of nitrogens with zero attached hydrogens (tertiary/aromatic N) is 8. The molecule has 2 aliphatic rings. The molecule has 0 spiro atoms. The summed E-state index contributed by atoms with van der Waals surface area (Å²) in [6, 6.07) is 6.82. The number of piperazine rings is 1. The van der Waals surface area contributed by atoms with Crippen LogP contribution in [0.1, 0.15) is 12.2 Å². The first-order valence-corrected chi connectivity index (χ1v) is 12.7. The van der Waals surface area contributed by atoms with Crippen LogP contribution in [-0.4, -0.2) is 96.0 Å². The molecule has 11 nitrogen and oxygen atoms in total. The minimum atomic E-state index is -3.30. The SMILES string of the molecule is CS(=O)(=O)N1CCN(c2nc(N3CCOCC3)nc(-n3c(C(F)F)nc4ccccc43)n2)CC1. The molecule has 1 aromatic carbocycles. The maximum absolute atomic E-state index is 14.0. The highest BCUT2D eigenvalue weighted by atomic mass is 32.2. The van der Waals surface area contributed by atoms with Gasteiger partial charge in [0.05, 0.1) is 30.5 Å². The molecule has 0 bridgehead atoms. The van der Waals surface area contributed by atoms with E-state index in [0.29, 0.717) is 62.3 Å². The van der Waals surface area contributed by atoms with E-state index in [1.807, 2.05) is 9.80 Å². The van der Waals surface area contributed by atoms with E-state index in [-0.39, 0.29) is 19.0 Å². The minimum absolute atomic E-state index is 0.0426. The maximum atomic E-state index is 14.0. The van der Waals surface area contributed by atoms with Gasteiger partial charge in [0, 0.05) is 39.3 Å². The number of rotatable bonds is 5. The molecule has 182 valence electrons. The molecule has 0 aliphatic carbocycles. The highest BCUT2D eigenvalue weighted by Gasteiger charge is 2.28. The summed E-state index contributed by atoms with van der Waals surface area (Å²) in [5, 5.41) is 0. The van der Waals surface area contributed by atoms with Crippen molar-refractivity contribution in [3.8, 4) is 5.95 Å². The molecule has 0 amide bonds. The Morgan fingerprint density at radius 3 is 2.06 bits per heavy atom. The number of hydrogen-bond acceptors (Lipinski definition) is 9. The molecule has 0 saturated carbocycles. The van der Waals surface area contributed by atoms with Crippen LogP contribution in [0.2, 0.25) is 0 Å². The quantitative estimate of drug-likeness (QED) is 0.514. The Morgan fingerprint density at radius 1 is 0.853 bits per heavy atom. The zero-order valence-corrected chi connectivity index (χ0v) is 19.3. The number of hydrogen-bond donors (Lipinski definition) is 0. The van der Waals surface area contributed by atoms with Gasteiger partial charge in [-0.25, -0.2) is 22.2 Å². The largest absolute Gasteiger partial charge is 0.378 e. The molecule has 2 fully saturated rings. The second-order valence-electron chi connectivity index (χ2n) is 8.08. The van der Waals surface area contributed by atoms with E-state index in [9.17, 15) is 17.2 Å². The number of alkyl halides is 2. The fourth-order valence-electron chi connectivity index (χ4n) is 4.11. The van der Waals surface area contributed by atoms with Crippen LogP contribution in [0.3, 0.4) is 0 Å². The number of halogens is 2. The van der Waals surface area contributed by atoms with Crippen molar-refractivity contribution < 1.29 is 21.9 Å². The third kappa shape index (κ3) is 4.40. The van der Waals surface area contributed by atoms with Gasteiger partial charge in [0.25, 0.3) is 6.43 Å². The van der Waals surface area contributed by atoms with Crippen molar-refractivity contribution in [1.29, 1.82) is 0 Å². The Morgan fingerprint density at radius 2 is 1.44 bits per heavy atom. The van der Waals surface area contributed by atoms with Crippen molar-refractivity contribution in [2.45, 2.75) is 6.43 Å². The number of morpholine rings is 1. The van der Waals surface area contributed by atoms with Gasteiger partial charge in [-0.3, -0.25) is 4.57 Å². The summed E-state index contributed by atoms with van der Waals surface area (Å²) in [5.74, 6) is 0.249. The predicted octanol–water partition coefficient (Wildman–Crippen LogP) is 1.07. The number of anilines is 2. The summed E-state index contributed by atoms with van der Waals surface area (Å²) in [5.41, 5.74) is 0.874. The second kappa shape index (κ2) is 9.00. The van der Waals surface area contributed by atoms with E-state index in [2.05, 4.69) is 19.9 Å². The average molecular weight is 495 g/mol. The van der Waals surface area contributed by atoms with E-state index < -0.39 is 22.3 Å². The summed E-state index contributed by atoms with van der Waals surface area (Å²) < 4.78 is 59.8. The standard InChI is InChI=1S/C20H24F2N8O3S/c1-34(31,32)29-8-6-27(7-9-29)18-24-19(28-10-12-33-13-11-28)26-20(25-18)30-15-5-3-2-4-14(15)23-17(30)16(21)22/h2-5,16H,6-13H2,1H3. The molecular formula is C20H24F2N8O3S. The van der Waals surface area contributed by atoms with Crippen molar-refractivity contribution in [2.24, 2.45) is 0 Å². The van der Waals surface area contributed by atoms with Gasteiger partial charge in [0.2, 0.25) is 27.9 Å². The lowest BCUT2D eigenvalue weighted by molar-refractivity contribution is 0.122. The zero-order chi connectivity index (χ0) is 23.9. The summed E-state index contributed by atoms with van der Waals surface area (Å²) in [7, 11) is -3.30. The molecule has 0 N–H and O–H groups in total. The first-order chi connectivity index (χ1) is 16.3. The highest BCUT2D eigenvalue weighted by Crippen LogP contribution is 2.28. The molecule has 2 saturated heterocycles. The van der Waals surface area contributed by atoms with Gasteiger partial charge in [0.1, 0.15) is 0 Å². The lowest BCUT2D eigenvalue weighted by atomic mass is 10.3. The fraction of sp³-hybridized carbons (Fsp3) is 0.500. The zero-order valence-electron chi connectivity index (χ0n) is 18.5. The van der Waals surface area contributed by atoms with Gasteiger partial charge < -0.3 is 14.5 Å². The number of para-hydroxylation sites is 2. The van der Waals surface area contributed by atoms with Gasteiger partial charge in [-0.15, -0.1) is 0 Å². The van der Waals surface area contributed by atoms with E-state index in [0.717, 1.165) is 0 Å². The minimum Gasteiger partial charge on any atom is -0.378 e. The van der Waals surface area contributed by atoms with E-state index in [1.54, 1.807) is 24.3 Å². The lowest BCUT2D eigenvalue weighted by Crippen LogP contribution is -2.49. The molecule has 2 aromatic heterocycles. The molecule has 2 aliphatic heterocycles. The third-order valence-electron chi connectivity index (χ3n) is 5.87. The number of ether oxygens (including phenoxy) is 1. The monoisotopic (exact) mass is 494 g/mol. The van der Waals surface area contributed by atoms with Crippen LogP contribution in [0.15, 0.2) is 24.3 Å². The van der Waals surface area contributed by atoms with Gasteiger partial charge in [-0.05, 0) is 12.1 Å². The molecule has 4 heterocycles. The van der Waals surface area contributed by atoms with E-state index in [4.69, 9.17) is 4.74 Å². The topological polar surface area (TPSA) is 110 Å². The number of benzene rings is 1. The van der Waals surface area contributed by atoms with Crippen molar-refractivity contribution in [3.05, 3.63) is 30.1 Å². The van der Waals surface area contributed by atoms with Gasteiger partial charge >= 0.3 is 0 Å². The number of imidazole rings is 1. The molecule has 0 unspecified atom stereocenters. The Hall–Kier alpha value is -2.97. The Kier molecular flexibility index (Phi) is 6.04. The molecule has 0 radical (unpaired) electrons. The van der Waals surface area contributed by atoms with Crippen molar-refractivity contribution in [1.82, 2.24) is 28.8 Å². The molecule has 0 atom stereocenters. The first-order valence-electron chi connectivity index (χ1n) is 10.9. The fourth-order valence-corrected chi connectivity index (χ4v) is 4.94. The predicted molar refractivity (Wildman–Crippen MR) is 121 cm³/mol. The van der Waals surface area contributed by atoms with Crippen molar-refractivity contribution in [2.75, 3.05) is 68.5 Å². The summed E-state index contributed by atoms with van der Waals surface area (Å²) >= 11 is 0. The molecular weight excluding hydrogens is 470 g/mol. The summed E-state index contributed by atoms with van der Waals surface area (Å²) in [4.78, 5) is 21.6. The van der Waals surface area contributed by atoms with Crippen LogP contribution < -0.4 is 9.80 Å². The first kappa shape index (κ1) is 22.8. The van der Waals surface area contributed by atoms with Gasteiger partial charge in [0.15, 0.2) is 5.82 Å². The molecule has 14 heteroatoms. The molecule has 34 heavy (non-hydrogen) atoms. The highest BCUT2D eigenvalue weighted by molar-refractivity contribution is 7.88. The van der Waals surface area contributed by atoms with Crippen LogP contribution in [0.5, 0.6) is 0 Å². The van der Waals surface area contributed by atoms with E-state index in [1.165, 1.54) is 15.1 Å². The summed E-state index contributed by atoms with van der Waals surface area (Å²) in [6.07, 6.45) is -1.66. The number of sulfonamides is 1. The molecule has 3 aromatic rings. The number of aromatic nitrogens is 5. The van der Waals surface area contributed by atoms with Crippen LogP contribution in [0.4, 0.5) is 20.7 Å². The van der Waals surface area contributed by atoms with Crippen LogP contribution >= 0.6 is 0 Å². The van der Waals surface area contributed by atoms with Gasteiger partial charge in [-0.2, -0.15) is 19.3 Å². The van der Waals surface area contributed by atoms with E-state index >= 15 is 0 Å². The second-order valence-corrected chi connectivity index (χ2v) is 10.1. The maximum Gasteiger partial charge on any atom is 0.296 e. The van der Waals surface area contributed by atoms with Gasteiger partial charge in [-0.1, -0.05) is 12.1 Å². The average Bonchev–Trinajstić information content (AvgIpc) is 3.24. The van der Waals surface area contributed by atoms with Crippen LogP contribution in [0.25, 0.3) is 17.0 Å². The Labute approximate surface area is 195 Å². The lowest BCUT2D eigenvalue weighted by Gasteiger charge is -2.34. The van der Waals surface area contributed by atoms with Crippen molar-refractivity contribution in [3.63, 3.8) is 0 Å². The third-order valence-corrected chi connectivity index (χ3v) is 7.17. The Balaban J connectivity index is 1.60. The van der Waals surface area contributed by atoms with Crippen LogP contribution in [0, 0.1) is 0 Å². The van der Waals surface area contributed by atoms with Crippen molar-refractivity contribution >= 4 is 33.0 Å². The van der Waals surface area contributed by atoms with Crippen LogP contribution in [-0.2, 0) is 14.8 Å². The smallest absolute Gasteiger partial charge is 0.296 e. The molecule has 5 rings (SSSR count). The normalized spacial score (nSPS) is 18.2. The Bertz CT molecular complexity index is 1290. The summed E-state index contributed by atoms with van der Waals surface area (Å²) in [6.45, 7) is 3.40.